The summed E-state index contributed by atoms with van der Waals surface area (Å²) in [5.41, 5.74) is 1.97. The van der Waals surface area contributed by atoms with Gasteiger partial charge >= 0.3 is 0 Å². The Hall–Kier alpha value is -3.07. The first-order valence-electron chi connectivity index (χ1n) is 13.7. The fourth-order valence-electron chi connectivity index (χ4n) is 4.39. The van der Waals surface area contributed by atoms with Crippen molar-refractivity contribution in [1.82, 2.24) is 10.2 Å². The topological polar surface area (TPSA) is 86.8 Å². The molecule has 0 saturated heterocycles. The minimum atomic E-state index is -4.13. The molecule has 10 heteroatoms. The lowest BCUT2D eigenvalue weighted by molar-refractivity contribution is -0.140. The van der Waals surface area contributed by atoms with Crippen molar-refractivity contribution in [3.63, 3.8) is 0 Å². The highest BCUT2D eigenvalue weighted by atomic mass is 35.5. The van der Waals surface area contributed by atoms with Crippen molar-refractivity contribution in [2.24, 2.45) is 0 Å². The molecule has 0 aliphatic carbocycles. The second kappa shape index (κ2) is 14.7. The summed E-state index contributed by atoms with van der Waals surface area (Å²) in [4.78, 5) is 28.8. The normalized spacial score (nSPS) is 12.2. The van der Waals surface area contributed by atoms with Crippen molar-refractivity contribution in [3.05, 3.63) is 94.0 Å². The van der Waals surface area contributed by atoms with Crippen LogP contribution in [0.2, 0.25) is 10.0 Å². The maximum absolute atomic E-state index is 14.1. The van der Waals surface area contributed by atoms with Crippen molar-refractivity contribution in [2.45, 2.75) is 63.9 Å². The van der Waals surface area contributed by atoms with Crippen molar-refractivity contribution >= 4 is 50.7 Å². The number of rotatable bonds is 13. The Bertz CT molecular complexity index is 1430. The summed E-state index contributed by atoms with van der Waals surface area (Å²) in [6.07, 6.45) is 1.05. The third kappa shape index (κ3) is 8.24. The van der Waals surface area contributed by atoms with Gasteiger partial charge in [-0.15, -0.1) is 0 Å². The second-order valence-corrected chi connectivity index (χ2v) is 12.7. The van der Waals surface area contributed by atoms with E-state index in [1.165, 1.54) is 17.0 Å². The van der Waals surface area contributed by atoms with Crippen molar-refractivity contribution in [3.8, 4) is 0 Å². The quantitative estimate of drug-likeness (QED) is 0.233. The fourth-order valence-corrected chi connectivity index (χ4v) is 6.30. The largest absolute Gasteiger partial charge is 0.354 e. The van der Waals surface area contributed by atoms with Crippen LogP contribution in [0.5, 0.6) is 0 Å². The molecule has 0 radical (unpaired) electrons. The van der Waals surface area contributed by atoms with Crippen LogP contribution in [-0.2, 0) is 26.2 Å². The predicted octanol–water partition coefficient (Wildman–Crippen LogP) is 6.65. The molecule has 220 valence electrons. The summed E-state index contributed by atoms with van der Waals surface area (Å²) in [5.74, 6) is -0.607. The zero-order valence-corrected chi connectivity index (χ0v) is 26.1. The van der Waals surface area contributed by atoms with Crippen LogP contribution in [0.4, 0.5) is 5.69 Å². The number of nitrogens with zero attached hydrogens (tertiary/aromatic N) is 2. The number of benzene rings is 3. The molecule has 2 amide bonds. The SMILES string of the molecule is CCCNC(=O)[C@@H](CC)N(Cc1ccc(Cl)cc1Cl)C(=O)CN(c1ccc(C(C)C)cc1)S(=O)(=O)c1ccccc1. The summed E-state index contributed by atoms with van der Waals surface area (Å²) in [6.45, 7) is 7.78. The van der Waals surface area contributed by atoms with Gasteiger partial charge in [0.25, 0.3) is 10.0 Å². The molecule has 0 aliphatic heterocycles. The van der Waals surface area contributed by atoms with Gasteiger partial charge in [0.15, 0.2) is 0 Å². The zero-order valence-electron chi connectivity index (χ0n) is 23.8. The van der Waals surface area contributed by atoms with Crippen LogP contribution in [0, 0.1) is 0 Å². The van der Waals surface area contributed by atoms with E-state index in [9.17, 15) is 18.0 Å². The Balaban J connectivity index is 2.07. The van der Waals surface area contributed by atoms with Gasteiger partial charge in [0.1, 0.15) is 12.6 Å². The van der Waals surface area contributed by atoms with Crippen LogP contribution >= 0.6 is 23.2 Å². The highest BCUT2D eigenvalue weighted by Crippen LogP contribution is 2.28. The van der Waals surface area contributed by atoms with Crippen LogP contribution in [0.3, 0.4) is 0 Å². The third-order valence-electron chi connectivity index (χ3n) is 6.75. The number of hydrogen-bond donors (Lipinski definition) is 1. The zero-order chi connectivity index (χ0) is 30.2. The van der Waals surface area contributed by atoms with Gasteiger partial charge in [0, 0.05) is 23.1 Å². The van der Waals surface area contributed by atoms with Crippen molar-refractivity contribution in [1.29, 1.82) is 0 Å². The van der Waals surface area contributed by atoms with E-state index in [1.54, 1.807) is 48.5 Å². The maximum Gasteiger partial charge on any atom is 0.264 e. The summed E-state index contributed by atoms with van der Waals surface area (Å²) >= 11 is 12.5. The number of halogens is 2. The van der Waals surface area contributed by atoms with E-state index < -0.39 is 28.5 Å². The Morgan fingerprint density at radius 1 is 0.927 bits per heavy atom. The summed E-state index contributed by atoms with van der Waals surface area (Å²) < 4.78 is 28.9. The molecule has 3 aromatic carbocycles. The molecule has 0 spiro atoms. The van der Waals surface area contributed by atoms with E-state index in [0.29, 0.717) is 34.3 Å². The molecule has 1 atom stereocenters. The molecule has 0 heterocycles. The van der Waals surface area contributed by atoms with E-state index in [-0.39, 0.29) is 23.3 Å². The Morgan fingerprint density at radius 3 is 2.15 bits per heavy atom. The Labute approximate surface area is 253 Å². The van der Waals surface area contributed by atoms with Gasteiger partial charge in [-0.2, -0.15) is 0 Å². The molecule has 0 aliphatic rings. The number of nitrogens with one attached hydrogen (secondary N) is 1. The first-order chi connectivity index (χ1) is 19.5. The second-order valence-electron chi connectivity index (χ2n) is 10.0. The summed E-state index contributed by atoms with van der Waals surface area (Å²) in [7, 11) is -4.13. The number of sulfonamides is 1. The molecule has 41 heavy (non-hydrogen) atoms. The standard InChI is InChI=1S/C31H37Cl2N3O4S/c1-5-18-34-31(38)29(6-2)35(20-24-12-15-25(32)19-28(24)33)30(37)21-36(26-16-13-23(14-17-26)22(3)4)41(39,40)27-10-8-7-9-11-27/h7-17,19,22,29H,5-6,18,20-21H2,1-4H3,(H,34,38)/t29-/m1/s1. The first-order valence-corrected chi connectivity index (χ1v) is 15.9. The van der Waals surface area contributed by atoms with Crippen LogP contribution in [0.1, 0.15) is 57.6 Å². The molecular weight excluding hydrogens is 581 g/mol. The minimum absolute atomic E-state index is 0.00159. The Kier molecular flexibility index (Phi) is 11.6. The maximum atomic E-state index is 14.1. The number of anilines is 1. The van der Waals surface area contributed by atoms with Gasteiger partial charge in [-0.3, -0.25) is 13.9 Å². The van der Waals surface area contributed by atoms with Crippen molar-refractivity contribution < 1.29 is 18.0 Å². The number of carbonyl (C=O) groups excluding carboxylic acids is 2. The fraction of sp³-hybridized carbons (Fsp3) is 0.355. The lowest BCUT2D eigenvalue weighted by Crippen LogP contribution is -2.52. The van der Waals surface area contributed by atoms with E-state index >= 15 is 0 Å². The molecule has 0 aromatic heterocycles. The molecule has 7 nitrogen and oxygen atoms in total. The van der Waals surface area contributed by atoms with E-state index in [0.717, 1.165) is 16.3 Å². The van der Waals surface area contributed by atoms with Gasteiger partial charge in [-0.1, -0.05) is 87.3 Å². The monoisotopic (exact) mass is 617 g/mol. The van der Waals surface area contributed by atoms with Crippen molar-refractivity contribution in [2.75, 3.05) is 17.4 Å². The molecular formula is C31H37Cl2N3O4S. The highest BCUT2D eigenvalue weighted by molar-refractivity contribution is 7.92. The Morgan fingerprint density at radius 2 is 1.59 bits per heavy atom. The van der Waals surface area contributed by atoms with Crippen LogP contribution in [-0.4, -0.2) is 44.3 Å². The average molecular weight is 619 g/mol. The van der Waals surface area contributed by atoms with Crippen LogP contribution < -0.4 is 9.62 Å². The van der Waals surface area contributed by atoms with E-state index in [2.05, 4.69) is 5.32 Å². The molecule has 0 saturated carbocycles. The molecule has 0 fully saturated rings. The van der Waals surface area contributed by atoms with Gasteiger partial charge in [-0.05, 0) is 66.3 Å². The lowest BCUT2D eigenvalue weighted by atomic mass is 10.0. The first kappa shape index (κ1) is 32.4. The van der Waals surface area contributed by atoms with Gasteiger partial charge in [0.05, 0.1) is 10.6 Å². The van der Waals surface area contributed by atoms with Gasteiger partial charge in [0.2, 0.25) is 11.8 Å². The summed E-state index contributed by atoms with van der Waals surface area (Å²) in [6, 6.07) is 19.2. The number of hydrogen-bond acceptors (Lipinski definition) is 4. The van der Waals surface area contributed by atoms with Crippen LogP contribution in [0.25, 0.3) is 0 Å². The average Bonchev–Trinajstić information content (AvgIpc) is 2.96. The highest BCUT2D eigenvalue weighted by Gasteiger charge is 2.34. The van der Waals surface area contributed by atoms with Crippen LogP contribution in [0.15, 0.2) is 77.7 Å². The van der Waals surface area contributed by atoms with E-state index in [1.807, 2.05) is 39.8 Å². The number of carbonyl (C=O) groups is 2. The minimum Gasteiger partial charge on any atom is -0.354 e. The lowest BCUT2D eigenvalue weighted by Gasteiger charge is -2.33. The molecule has 0 unspecified atom stereocenters. The number of amides is 2. The van der Waals surface area contributed by atoms with Gasteiger partial charge < -0.3 is 10.2 Å². The molecule has 3 rings (SSSR count). The molecule has 3 aromatic rings. The third-order valence-corrected chi connectivity index (χ3v) is 9.12. The van der Waals surface area contributed by atoms with E-state index in [4.69, 9.17) is 23.2 Å². The summed E-state index contributed by atoms with van der Waals surface area (Å²) in [5, 5.41) is 3.65. The smallest absolute Gasteiger partial charge is 0.264 e. The predicted molar refractivity (Wildman–Crippen MR) is 166 cm³/mol. The molecule has 1 N–H and O–H groups in total. The molecule has 0 bridgehead atoms. The van der Waals surface area contributed by atoms with Gasteiger partial charge in [-0.25, -0.2) is 8.42 Å².